The van der Waals surface area contributed by atoms with E-state index in [9.17, 15) is 0 Å². The highest BCUT2D eigenvalue weighted by Crippen LogP contribution is 2.00. The highest BCUT2D eigenvalue weighted by molar-refractivity contribution is 5.18. The van der Waals surface area contributed by atoms with E-state index in [0.717, 1.165) is 0 Å². The summed E-state index contributed by atoms with van der Waals surface area (Å²) in [7, 11) is 0. The summed E-state index contributed by atoms with van der Waals surface area (Å²) in [6.07, 6.45) is 5.20. The van der Waals surface area contributed by atoms with Crippen LogP contribution in [-0.2, 0) is 0 Å². The molecule has 0 saturated carbocycles. The number of azide groups is 1. The van der Waals surface area contributed by atoms with Gasteiger partial charge < -0.3 is 5.73 Å². The monoisotopic (exact) mass is 152 g/mol. The predicted octanol–water partition coefficient (Wildman–Crippen LogP) is 2.10. The number of hydrogen-bond donors (Lipinski definition) is 1. The van der Waals surface area contributed by atoms with Crippen LogP contribution < -0.4 is 5.73 Å². The summed E-state index contributed by atoms with van der Waals surface area (Å²) in [5.41, 5.74) is 14.1. The van der Waals surface area contributed by atoms with Gasteiger partial charge in [-0.1, -0.05) is 23.3 Å². The van der Waals surface area contributed by atoms with E-state index < -0.39 is 0 Å². The van der Waals surface area contributed by atoms with Gasteiger partial charge in [0.25, 0.3) is 0 Å². The summed E-state index contributed by atoms with van der Waals surface area (Å²) in [6, 6.07) is -0.0910. The smallest absolute Gasteiger partial charge is 0.0347 e. The summed E-state index contributed by atoms with van der Waals surface area (Å²) < 4.78 is 0. The van der Waals surface area contributed by atoms with Crippen LogP contribution in [0.5, 0.6) is 0 Å². The molecule has 0 fully saturated rings. The van der Waals surface area contributed by atoms with Crippen molar-refractivity contribution in [2.45, 2.75) is 19.9 Å². The van der Waals surface area contributed by atoms with Crippen molar-refractivity contribution in [1.29, 1.82) is 0 Å². The van der Waals surface area contributed by atoms with Gasteiger partial charge in [-0.25, -0.2) is 0 Å². The normalized spacial score (nSPS) is 14.6. The van der Waals surface area contributed by atoms with Crippen LogP contribution in [-0.4, -0.2) is 6.04 Å². The van der Waals surface area contributed by atoms with Gasteiger partial charge in [0, 0.05) is 16.7 Å². The fourth-order valence-electron chi connectivity index (χ4n) is 0.614. The number of hydrogen-bond acceptors (Lipinski definition) is 2. The van der Waals surface area contributed by atoms with Gasteiger partial charge in [-0.2, -0.15) is 0 Å². The van der Waals surface area contributed by atoms with Crippen LogP contribution in [0.4, 0.5) is 0 Å². The van der Waals surface area contributed by atoms with E-state index in [1.165, 1.54) is 0 Å². The van der Waals surface area contributed by atoms with E-state index in [4.69, 9.17) is 11.3 Å². The van der Waals surface area contributed by atoms with Crippen molar-refractivity contribution in [2.24, 2.45) is 10.8 Å². The molecule has 0 bridgehead atoms. The minimum absolute atomic E-state index is 0.0910. The van der Waals surface area contributed by atoms with Gasteiger partial charge in [-0.15, -0.1) is 0 Å². The third-order valence-electron chi connectivity index (χ3n) is 0.931. The van der Waals surface area contributed by atoms with Crippen molar-refractivity contribution >= 4 is 0 Å². The Hall–Kier alpha value is -1.25. The summed E-state index contributed by atoms with van der Waals surface area (Å²) >= 11 is 0. The van der Waals surface area contributed by atoms with Crippen molar-refractivity contribution in [1.82, 2.24) is 0 Å². The molecule has 0 radical (unpaired) electrons. The Morgan fingerprint density at radius 2 is 2.36 bits per heavy atom. The zero-order chi connectivity index (χ0) is 8.69. The molecule has 0 aromatic heterocycles. The van der Waals surface area contributed by atoms with Crippen molar-refractivity contribution < 1.29 is 0 Å². The number of allylic oxidation sites excluding steroid dienone is 2. The first-order valence-electron chi connectivity index (χ1n) is 3.36. The number of nitrogens with two attached hydrogens (primary N) is 1. The van der Waals surface area contributed by atoms with E-state index in [1.807, 2.05) is 13.8 Å². The molecule has 0 aromatic carbocycles. The Balaban J connectivity index is 4.44. The van der Waals surface area contributed by atoms with Gasteiger partial charge in [0.2, 0.25) is 0 Å². The number of rotatable bonds is 3. The SMILES string of the molecule is C/C=C\C(=C/C(C)N)N=[N+]=[N-]. The van der Waals surface area contributed by atoms with Crippen LogP contribution >= 0.6 is 0 Å². The van der Waals surface area contributed by atoms with Crippen molar-refractivity contribution in [3.8, 4) is 0 Å². The molecule has 1 unspecified atom stereocenters. The molecular weight excluding hydrogens is 140 g/mol. The Labute approximate surface area is 66.0 Å². The second-order valence-corrected chi connectivity index (χ2v) is 2.14. The standard InChI is InChI=1S/C7H12N4/c1-3-4-7(10-11-9)5-6(2)8/h3-6H,8H2,1-2H3/b4-3-,7-5+. The highest BCUT2D eigenvalue weighted by atomic mass is 15.1. The fourth-order valence-corrected chi connectivity index (χ4v) is 0.614. The molecule has 0 spiro atoms. The quantitative estimate of drug-likeness (QED) is 0.286. The van der Waals surface area contributed by atoms with Gasteiger partial charge in [0.05, 0.1) is 0 Å². The average Bonchev–Trinajstić information content (AvgIpc) is 1.87. The third kappa shape index (κ3) is 5.21. The van der Waals surface area contributed by atoms with E-state index in [2.05, 4.69) is 10.0 Å². The third-order valence-corrected chi connectivity index (χ3v) is 0.931. The topological polar surface area (TPSA) is 74.8 Å². The molecule has 0 rings (SSSR count). The predicted molar refractivity (Wildman–Crippen MR) is 45.7 cm³/mol. The maximum Gasteiger partial charge on any atom is 0.0347 e. The van der Waals surface area contributed by atoms with E-state index in [1.54, 1.807) is 18.2 Å². The molecule has 1 atom stereocenters. The maximum atomic E-state index is 8.12. The largest absolute Gasteiger partial charge is 0.325 e. The molecule has 11 heavy (non-hydrogen) atoms. The molecule has 4 nitrogen and oxygen atoms in total. The molecule has 0 aromatic rings. The first kappa shape index (κ1) is 9.75. The minimum Gasteiger partial charge on any atom is -0.325 e. The van der Waals surface area contributed by atoms with Crippen LogP contribution in [0.3, 0.4) is 0 Å². The van der Waals surface area contributed by atoms with Gasteiger partial charge in [-0.05, 0) is 19.4 Å². The zero-order valence-electron chi connectivity index (χ0n) is 6.73. The van der Waals surface area contributed by atoms with Crippen LogP contribution in [0.2, 0.25) is 0 Å². The lowest BCUT2D eigenvalue weighted by molar-refractivity contribution is 0.915. The average molecular weight is 152 g/mol. The highest BCUT2D eigenvalue weighted by Gasteiger charge is 1.89. The maximum absolute atomic E-state index is 8.12. The van der Waals surface area contributed by atoms with Crippen LogP contribution in [0.25, 0.3) is 10.4 Å². The first-order valence-corrected chi connectivity index (χ1v) is 3.36. The summed E-state index contributed by atoms with van der Waals surface area (Å²) in [6.45, 7) is 3.66. The molecule has 0 aliphatic heterocycles. The van der Waals surface area contributed by atoms with E-state index in [0.29, 0.717) is 5.70 Å². The molecule has 2 N–H and O–H groups in total. The molecule has 60 valence electrons. The molecule has 0 amide bonds. The van der Waals surface area contributed by atoms with E-state index in [-0.39, 0.29) is 6.04 Å². The van der Waals surface area contributed by atoms with Crippen molar-refractivity contribution in [3.05, 3.63) is 34.4 Å². The van der Waals surface area contributed by atoms with Gasteiger partial charge in [0.15, 0.2) is 0 Å². The Morgan fingerprint density at radius 1 is 1.73 bits per heavy atom. The second kappa shape index (κ2) is 5.53. The van der Waals surface area contributed by atoms with Crippen LogP contribution in [0.15, 0.2) is 29.0 Å². The minimum atomic E-state index is -0.0910. The molecule has 4 heteroatoms. The molecule has 0 aliphatic rings. The lowest BCUT2D eigenvalue weighted by atomic mass is 10.3. The van der Waals surface area contributed by atoms with E-state index >= 15 is 0 Å². The summed E-state index contributed by atoms with van der Waals surface area (Å²) in [5, 5.41) is 3.43. The fraction of sp³-hybridized carbons (Fsp3) is 0.429. The summed E-state index contributed by atoms with van der Waals surface area (Å²) in [4.78, 5) is 2.66. The van der Waals surface area contributed by atoms with Gasteiger partial charge >= 0.3 is 0 Å². The molecule has 0 saturated heterocycles. The summed E-state index contributed by atoms with van der Waals surface area (Å²) in [5.74, 6) is 0. The Morgan fingerprint density at radius 3 is 2.73 bits per heavy atom. The van der Waals surface area contributed by atoms with Gasteiger partial charge in [-0.3, -0.25) is 0 Å². The van der Waals surface area contributed by atoms with Crippen molar-refractivity contribution in [2.75, 3.05) is 0 Å². The van der Waals surface area contributed by atoms with Crippen LogP contribution in [0.1, 0.15) is 13.8 Å². The molecule has 0 heterocycles. The van der Waals surface area contributed by atoms with Crippen LogP contribution in [0, 0.1) is 0 Å². The Bertz CT molecular complexity index is 208. The first-order chi connectivity index (χ1) is 5.20. The molecular formula is C7H12N4. The zero-order valence-corrected chi connectivity index (χ0v) is 6.73. The number of nitrogens with zero attached hydrogens (tertiary/aromatic N) is 3. The van der Waals surface area contributed by atoms with Crippen molar-refractivity contribution in [3.63, 3.8) is 0 Å². The second-order valence-electron chi connectivity index (χ2n) is 2.14. The van der Waals surface area contributed by atoms with Gasteiger partial charge in [0.1, 0.15) is 0 Å². The Kier molecular flexibility index (Phi) is 4.90. The molecule has 0 aliphatic carbocycles. The lowest BCUT2D eigenvalue weighted by Crippen LogP contribution is -2.10. The lowest BCUT2D eigenvalue weighted by Gasteiger charge is -1.95.